The van der Waals surface area contributed by atoms with E-state index in [0.717, 1.165) is 38.5 Å². The highest BCUT2D eigenvalue weighted by atomic mass is 16.5. The predicted octanol–water partition coefficient (Wildman–Crippen LogP) is 22.8. The average Bonchev–Trinajstić information content (AvgIpc) is 3.43. The van der Waals surface area contributed by atoms with Crippen molar-refractivity contribution in [1.29, 1.82) is 0 Å². The van der Waals surface area contributed by atoms with Crippen molar-refractivity contribution in [3.05, 3.63) is 12.2 Å². The van der Waals surface area contributed by atoms with Crippen LogP contribution in [0.4, 0.5) is 0 Å². The van der Waals surface area contributed by atoms with Crippen molar-refractivity contribution in [2.24, 2.45) is 0 Å². The average molecular weight is 1090 g/mol. The molecule has 0 aromatic carbocycles. The molecule has 0 spiro atoms. The second-order valence-electron chi connectivity index (χ2n) is 24.6. The highest BCUT2D eigenvalue weighted by Crippen LogP contribution is 2.19. The number of esters is 1. The van der Waals surface area contributed by atoms with Gasteiger partial charge in [-0.1, -0.05) is 373 Å². The summed E-state index contributed by atoms with van der Waals surface area (Å²) in [5.41, 5.74) is 0. The fraction of sp³-hybridized carbons (Fsp3) is 0.944. The van der Waals surface area contributed by atoms with Crippen LogP contribution in [0.5, 0.6) is 0 Å². The zero-order valence-corrected chi connectivity index (χ0v) is 52.5. The fourth-order valence-electron chi connectivity index (χ4n) is 11.4. The number of carbonyl (C=O) groups excluding carboxylic acids is 2. The zero-order chi connectivity index (χ0) is 55.7. The number of nitrogens with one attached hydrogen (secondary N) is 1. The topological polar surface area (TPSA) is 95.9 Å². The van der Waals surface area contributed by atoms with Gasteiger partial charge in [-0.2, -0.15) is 0 Å². The minimum absolute atomic E-state index is 0.0245. The van der Waals surface area contributed by atoms with E-state index in [-0.39, 0.29) is 18.5 Å². The van der Waals surface area contributed by atoms with Crippen molar-refractivity contribution >= 4 is 11.9 Å². The predicted molar refractivity (Wildman–Crippen MR) is 338 cm³/mol. The van der Waals surface area contributed by atoms with E-state index in [1.165, 1.54) is 340 Å². The molecule has 0 fully saturated rings. The van der Waals surface area contributed by atoms with E-state index in [2.05, 4.69) is 19.2 Å². The fourth-order valence-corrected chi connectivity index (χ4v) is 11.4. The Morgan fingerprint density at radius 1 is 0.351 bits per heavy atom. The molecule has 6 heteroatoms. The summed E-state index contributed by atoms with van der Waals surface area (Å²) in [6.45, 7) is 4.94. The number of hydrogen-bond acceptors (Lipinski definition) is 5. The van der Waals surface area contributed by atoms with Gasteiger partial charge in [-0.3, -0.25) is 9.59 Å². The van der Waals surface area contributed by atoms with Crippen LogP contribution in [0.1, 0.15) is 406 Å². The molecule has 0 radical (unpaired) electrons. The van der Waals surface area contributed by atoms with E-state index >= 15 is 0 Å². The van der Waals surface area contributed by atoms with Gasteiger partial charge in [0.2, 0.25) is 5.91 Å². The smallest absolute Gasteiger partial charge is 0.305 e. The van der Waals surface area contributed by atoms with Gasteiger partial charge in [-0.05, 0) is 32.1 Å². The number of ether oxygens (including phenoxy) is 1. The number of allylic oxidation sites excluding steroid dienone is 1. The van der Waals surface area contributed by atoms with Gasteiger partial charge < -0.3 is 20.3 Å². The van der Waals surface area contributed by atoms with Gasteiger partial charge >= 0.3 is 5.97 Å². The van der Waals surface area contributed by atoms with Crippen molar-refractivity contribution < 1.29 is 24.5 Å². The lowest BCUT2D eigenvalue weighted by Gasteiger charge is -2.20. The van der Waals surface area contributed by atoms with Gasteiger partial charge in [0.05, 0.1) is 25.4 Å². The molecule has 2 atom stereocenters. The van der Waals surface area contributed by atoms with Crippen LogP contribution < -0.4 is 5.32 Å². The van der Waals surface area contributed by atoms with Crippen LogP contribution in [0.3, 0.4) is 0 Å². The monoisotopic (exact) mass is 1090 g/mol. The third-order valence-corrected chi connectivity index (χ3v) is 16.8. The SMILES string of the molecule is CCCCCCCCCCCCC/C=C/C(O)C(CO)NC(=O)CCCCCCCCCCCCCCCCCCCCCCCCCCCCCCCCCCCOC(=O)CCCCCCCCCCCCCCCC. The molecule has 0 aliphatic heterocycles. The first kappa shape index (κ1) is 75.6. The van der Waals surface area contributed by atoms with Gasteiger partial charge in [0.25, 0.3) is 0 Å². The lowest BCUT2D eigenvalue weighted by molar-refractivity contribution is -0.143. The van der Waals surface area contributed by atoms with Crippen LogP contribution >= 0.6 is 0 Å². The number of amides is 1. The normalized spacial score (nSPS) is 12.5. The van der Waals surface area contributed by atoms with Crippen LogP contribution in [-0.2, 0) is 14.3 Å². The molecule has 0 aliphatic carbocycles. The van der Waals surface area contributed by atoms with Gasteiger partial charge in [0.15, 0.2) is 0 Å². The van der Waals surface area contributed by atoms with Crippen LogP contribution in [0.2, 0.25) is 0 Å². The summed E-state index contributed by atoms with van der Waals surface area (Å²) in [5.74, 6) is -0.0366. The number of aliphatic hydroxyl groups excluding tert-OH is 2. The summed E-state index contributed by atoms with van der Waals surface area (Å²) in [5, 5.41) is 23.1. The summed E-state index contributed by atoms with van der Waals surface area (Å²) in [7, 11) is 0. The maximum Gasteiger partial charge on any atom is 0.305 e. The molecular formula is C71H139NO5. The largest absolute Gasteiger partial charge is 0.466 e. The van der Waals surface area contributed by atoms with Crippen LogP contribution in [0.15, 0.2) is 12.2 Å². The van der Waals surface area contributed by atoms with E-state index in [9.17, 15) is 19.8 Å². The number of rotatable bonds is 67. The molecule has 6 nitrogen and oxygen atoms in total. The highest BCUT2D eigenvalue weighted by molar-refractivity contribution is 5.76. The molecule has 0 aromatic rings. The first-order chi connectivity index (χ1) is 38.0. The molecule has 1 amide bonds. The Bertz CT molecular complexity index is 1160. The van der Waals surface area contributed by atoms with E-state index in [1.54, 1.807) is 6.08 Å². The molecule has 458 valence electrons. The van der Waals surface area contributed by atoms with Crippen molar-refractivity contribution in [2.45, 2.75) is 418 Å². The highest BCUT2D eigenvalue weighted by Gasteiger charge is 2.18. The molecule has 2 unspecified atom stereocenters. The quantitative estimate of drug-likeness (QED) is 0.0320. The molecule has 0 bridgehead atoms. The van der Waals surface area contributed by atoms with Gasteiger partial charge in [-0.15, -0.1) is 0 Å². The third-order valence-electron chi connectivity index (χ3n) is 16.8. The summed E-state index contributed by atoms with van der Waals surface area (Å²) in [4.78, 5) is 24.5. The summed E-state index contributed by atoms with van der Waals surface area (Å²) in [6, 6.07) is -0.622. The standard InChI is InChI=1S/C71H139NO5/c1-3-5-7-9-11-13-15-17-41-45-49-53-57-61-65-71(76)77-66-62-58-54-50-46-42-38-36-34-32-30-28-26-24-22-20-18-19-21-23-25-27-29-31-33-35-37-40-44-48-52-56-60-64-70(75)72-68(67-73)69(74)63-59-55-51-47-43-39-16-14-12-10-8-6-4-2/h59,63,68-69,73-74H,3-58,60-62,64-67H2,1-2H3,(H,72,75)/b63-59+. The molecule has 0 aliphatic rings. The lowest BCUT2D eigenvalue weighted by atomic mass is 10.0. The minimum atomic E-state index is -0.839. The number of carbonyl (C=O) groups is 2. The summed E-state index contributed by atoms with van der Waals surface area (Å²) < 4.78 is 5.50. The maximum absolute atomic E-state index is 12.5. The summed E-state index contributed by atoms with van der Waals surface area (Å²) >= 11 is 0. The van der Waals surface area contributed by atoms with Crippen molar-refractivity contribution in [2.75, 3.05) is 13.2 Å². The van der Waals surface area contributed by atoms with Crippen molar-refractivity contribution in [3.8, 4) is 0 Å². The third kappa shape index (κ3) is 63.6. The van der Waals surface area contributed by atoms with Crippen molar-refractivity contribution in [3.63, 3.8) is 0 Å². The number of unbranched alkanes of at least 4 members (excludes halogenated alkanes) is 56. The first-order valence-corrected chi connectivity index (χ1v) is 35.5. The van der Waals surface area contributed by atoms with E-state index < -0.39 is 12.1 Å². The molecule has 0 saturated heterocycles. The van der Waals surface area contributed by atoms with Gasteiger partial charge in [-0.25, -0.2) is 0 Å². The Kier molecular flexibility index (Phi) is 65.9. The van der Waals surface area contributed by atoms with Crippen LogP contribution in [0, 0.1) is 0 Å². The first-order valence-electron chi connectivity index (χ1n) is 35.5. The van der Waals surface area contributed by atoms with Gasteiger partial charge in [0.1, 0.15) is 0 Å². The summed E-state index contributed by atoms with van der Waals surface area (Å²) in [6.07, 6.45) is 83.1. The van der Waals surface area contributed by atoms with Crippen molar-refractivity contribution in [1.82, 2.24) is 5.32 Å². The molecule has 77 heavy (non-hydrogen) atoms. The molecule has 0 saturated carbocycles. The Labute approximate surface area is 482 Å². The number of aliphatic hydroxyl groups is 2. The van der Waals surface area contributed by atoms with Crippen LogP contribution in [-0.4, -0.2) is 47.4 Å². The molecular weight excluding hydrogens is 947 g/mol. The maximum atomic E-state index is 12.5. The zero-order valence-electron chi connectivity index (χ0n) is 52.5. The minimum Gasteiger partial charge on any atom is -0.466 e. The molecule has 3 N–H and O–H groups in total. The molecule has 0 heterocycles. The van der Waals surface area contributed by atoms with E-state index in [4.69, 9.17) is 4.74 Å². The molecule has 0 rings (SSSR count). The second-order valence-corrected chi connectivity index (χ2v) is 24.6. The Hall–Kier alpha value is -1.40. The molecule has 0 aromatic heterocycles. The van der Waals surface area contributed by atoms with Crippen LogP contribution in [0.25, 0.3) is 0 Å². The number of hydrogen-bond donors (Lipinski definition) is 3. The Balaban J connectivity index is 3.30. The lowest BCUT2D eigenvalue weighted by Crippen LogP contribution is -2.45. The van der Waals surface area contributed by atoms with Gasteiger partial charge in [0, 0.05) is 12.8 Å². The van der Waals surface area contributed by atoms with E-state index in [0.29, 0.717) is 19.4 Å². The Morgan fingerprint density at radius 2 is 0.597 bits per heavy atom. The Morgan fingerprint density at radius 3 is 0.883 bits per heavy atom. The second kappa shape index (κ2) is 67.1. The van der Waals surface area contributed by atoms with E-state index in [1.807, 2.05) is 6.08 Å².